The Bertz CT molecular complexity index is 997. The Morgan fingerprint density at radius 3 is 2.78 bits per heavy atom. The van der Waals surface area contributed by atoms with Crippen molar-refractivity contribution in [3.05, 3.63) is 40.7 Å². The molecule has 0 aliphatic carbocycles. The molecule has 2 heterocycles. The van der Waals surface area contributed by atoms with E-state index >= 15 is 0 Å². The molecule has 3 rings (SSSR count). The first kappa shape index (κ1) is 19.1. The van der Waals surface area contributed by atoms with Crippen molar-refractivity contribution in [1.82, 2.24) is 15.5 Å². The Labute approximate surface area is 156 Å². The number of amides is 1. The second-order valence-corrected chi connectivity index (χ2v) is 8.16. The van der Waals surface area contributed by atoms with E-state index in [1.54, 1.807) is 6.92 Å². The van der Waals surface area contributed by atoms with Crippen LogP contribution in [0.1, 0.15) is 39.0 Å². The van der Waals surface area contributed by atoms with E-state index < -0.39 is 21.7 Å². The highest BCUT2D eigenvalue weighted by atomic mass is 32.2. The molecular weight excluding hydrogens is 372 g/mol. The first-order valence-electron chi connectivity index (χ1n) is 8.40. The number of ether oxygens (including phenoxy) is 1. The van der Waals surface area contributed by atoms with Crippen LogP contribution in [0, 0.1) is 0 Å². The molecule has 1 aromatic carbocycles. The maximum absolute atomic E-state index is 12.6. The Kier molecular flexibility index (Phi) is 5.29. The first-order chi connectivity index (χ1) is 12.8. The zero-order valence-corrected chi connectivity index (χ0v) is 15.8. The number of fused-ring (bicyclic) bond motifs is 1. The van der Waals surface area contributed by atoms with Crippen LogP contribution in [0.5, 0.6) is 0 Å². The third kappa shape index (κ3) is 4.17. The Balaban J connectivity index is 1.93. The largest absolute Gasteiger partial charge is 0.462 e. The van der Waals surface area contributed by atoms with Crippen molar-refractivity contribution in [2.75, 3.05) is 24.7 Å². The number of rotatable bonds is 5. The lowest BCUT2D eigenvalue weighted by atomic mass is 10.1. The summed E-state index contributed by atoms with van der Waals surface area (Å²) in [5.41, 5.74) is 2.13. The number of carbonyl (C=O) groups excluding carboxylic acids is 2. The highest BCUT2D eigenvalue weighted by molar-refractivity contribution is 7.90. The molecule has 1 amide bonds. The second-order valence-electron chi connectivity index (χ2n) is 6.15. The van der Waals surface area contributed by atoms with Gasteiger partial charge < -0.3 is 15.4 Å². The van der Waals surface area contributed by atoms with Gasteiger partial charge in [-0.3, -0.25) is 9.89 Å². The molecule has 1 aromatic heterocycles. The quantitative estimate of drug-likeness (QED) is 0.644. The summed E-state index contributed by atoms with van der Waals surface area (Å²) < 4.78 is 28.8. The predicted molar refractivity (Wildman–Crippen MR) is 97.5 cm³/mol. The fourth-order valence-corrected chi connectivity index (χ4v) is 3.50. The van der Waals surface area contributed by atoms with Crippen molar-refractivity contribution in [3.63, 3.8) is 0 Å². The zero-order valence-electron chi connectivity index (χ0n) is 15.0. The van der Waals surface area contributed by atoms with Crippen LogP contribution in [0.4, 0.5) is 5.69 Å². The van der Waals surface area contributed by atoms with Crippen molar-refractivity contribution in [3.8, 4) is 0 Å². The van der Waals surface area contributed by atoms with Gasteiger partial charge in [0, 0.05) is 42.7 Å². The van der Waals surface area contributed by atoms with Gasteiger partial charge in [0.25, 0.3) is 5.91 Å². The predicted octanol–water partition coefficient (Wildman–Crippen LogP) is 0.888. The number of benzene rings is 1. The van der Waals surface area contributed by atoms with Crippen LogP contribution in [0.25, 0.3) is 0 Å². The number of aromatic amines is 1. The van der Waals surface area contributed by atoms with E-state index in [4.69, 9.17) is 4.74 Å². The lowest BCUT2D eigenvalue weighted by Gasteiger charge is -2.13. The Hall–Kier alpha value is -2.72. The lowest BCUT2D eigenvalue weighted by molar-refractivity contribution is 0.0526. The monoisotopic (exact) mass is 392 g/mol. The summed E-state index contributed by atoms with van der Waals surface area (Å²) in [6.07, 6.45) is 1.77. The molecule has 0 spiro atoms. The molecule has 0 saturated carbocycles. The van der Waals surface area contributed by atoms with Crippen LogP contribution in [0.2, 0.25) is 0 Å². The van der Waals surface area contributed by atoms with E-state index in [9.17, 15) is 18.0 Å². The van der Waals surface area contributed by atoms with Crippen molar-refractivity contribution >= 4 is 27.4 Å². The fourth-order valence-electron chi connectivity index (χ4n) is 2.82. The molecule has 0 atom stereocenters. The SMILES string of the molecule is CCOC(=O)c1cc(NC(=O)c2n[nH]c3c2CNCC3)cc(S(C)(=O)=O)c1. The number of hydrogen-bond acceptors (Lipinski definition) is 7. The Morgan fingerprint density at radius 1 is 1.30 bits per heavy atom. The zero-order chi connectivity index (χ0) is 19.6. The van der Waals surface area contributed by atoms with Crippen LogP contribution >= 0.6 is 0 Å². The summed E-state index contributed by atoms with van der Waals surface area (Å²) in [7, 11) is -3.59. The minimum Gasteiger partial charge on any atom is -0.462 e. The van der Waals surface area contributed by atoms with Crippen LogP contribution in [-0.2, 0) is 27.5 Å². The summed E-state index contributed by atoms with van der Waals surface area (Å²) in [5.74, 6) is -1.16. The van der Waals surface area contributed by atoms with Gasteiger partial charge in [0.15, 0.2) is 15.5 Å². The van der Waals surface area contributed by atoms with E-state index in [1.807, 2.05) is 0 Å². The summed E-state index contributed by atoms with van der Waals surface area (Å²) in [6.45, 7) is 3.12. The minimum atomic E-state index is -3.59. The van der Waals surface area contributed by atoms with Crippen molar-refractivity contribution in [1.29, 1.82) is 0 Å². The van der Waals surface area contributed by atoms with Crippen molar-refractivity contribution in [2.45, 2.75) is 24.8 Å². The molecule has 0 unspecified atom stereocenters. The van der Waals surface area contributed by atoms with E-state index in [2.05, 4.69) is 20.8 Å². The van der Waals surface area contributed by atoms with E-state index in [0.717, 1.165) is 30.5 Å². The van der Waals surface area contributed by atoms with Gasteiger partial charge in [-0.2, -0.15) is 5.10 Å². The van der Waals surface area contributed by atoms with Crippen molar-refractivity contribution < 1.29 is 22.7 Å². The van der Waals surface area contributed by atoms with Gasteiger partial charge in [0.05, 0.1) is 17.1 Å². The van der Waals surface area contributed by atoms with Gasteiger partial charge in [-0.05, 0) is 25.1 Å². The highest BCUT2D eigenvalue weighted by Crippen LogP contribution is 2.22. The van der Waals surface area contributed by atoms with Crippen LogP contribution in [0.3, 0.4) is 0 Å². The summed E-state index contributed by atoms with van der Waals surface area (Å²) in [5, 5.41) is 12.7. The number of esters is 1. The van der Waals surface area contributed by atoms with E-state index in [1.165, 1.54) is 18.2 Å². The molecule has 0 fully saturated rings. The van der Waals surface area contributed by atoms with Crippen molar-refractivity contribution in [2.24, 2.45) is 0 Å². The van der Waals surface area contributed by atoms with Gasteiger partial charge in [-0.25, -0.2) is 13.2 Å². The lowest BCUT2D eigenvalue weighted by Crippen LogP contribution is -2.25. The number of hydrogen-bond donors (Lipinski definition) is 3. The average molecular weight is 392 g/mol. The molecule has 10 heteroatoms. The maximum Gasteiger partial charge on any atom is 0.338 e. The molecule has 9 nitrogen and oxygen atoms in total. The fraction of sp³-hybridized carbons (Fsp3) is 0.353. The molecule has 0 radical (unpaired) electrons. The van der Waals surface area contributed by atoms with Crippen LogP contribution in [0.15, 0.2) is 23.1 Å². The third-order valence-electron chi connectivity index (χ3n) is 4.13. The molecule has 1 aliphatic rings. The molecular formula is C17H20N4O5S. The van der Waals surface area contributed by atoms with Gasteiger partial charge in [-0.1, -0.05) is 0 Å². The summed E-state index contributed by atoms with van der Waals surface area (Å²) in [6, 6.07) is 3.90. The number of nitrogens with one attached hydrogen (secondary N) is 3. The number of nitrogens with zero attached hydrogens (tertiary/aromatic N) is 1. The molecule has 2 aromatic rings. The summed E-state index contributed by atoms with van der Waals surface area (Å²) >= 11 is 0. The number of anilines is 1. The standard InChI is InChI=1S/C17H20N4O5S/c1-3-26-17(23)10-6-11(8-12(7-10)27(2,24)25)19-16(22)15-13-9-18-5-4-14(13)20-21-15/h6-8,18H,3-5,9H2,1-2H3,(H,19,22)(H,20,21). The normalized spacial score (nSPS) is 13.7. The molecule has 144 valence electrons. The highest BCUT2D eigenvalue weighted by Gasteiger charge is 2.23. The number of sulfone groups is 1. The maximum atomic E-state index is 12.6. The third-order valence-corrected chi connectivity index (χ3v) is 5.22. The average Bonchev–Trinajstić information content (AvgIpc) is 3.05. The Morgan fingerprint density at radius 2 is 2.07 bits per heavy atom. The summed E-state index contributed by atoms with van der Waals surface area (Å²) in [4.78, 5) is 24.6. The van der Waals surface area contributed by atoms with E-state index in [-0.39, 0.29) is 28.4 Å². The van der Waals surface area contributed by atoms with Crippen LogP contribution in [-0.4, -0.2) is 49.9 Å². The van der Waals surface area contributed by atoms with Gasteiger partial charge in [0.2, 0.25) is 0 Å². The van der Waals surface area contributed by atoms with Gasteiger partial charge in [0.1, 0.15) is 0 Å². The molecule has 0 saturated heterocycles. The smallest absolute Gasteiger partial charge is 0.338 e. The topological polar surface area (TPSA) is 130 Å². The minimum absolute atomic E-state index is 0.0424. The molecule has 0 bridgehead atoms. The van der Waals surface area contributed by atoms with E-state index in [0.29, 0.717) is 6.54 Å². The molecule has 3 N–H and O–H groups in total. The van der Waals surface area contributed by atoms with Crippen LogP contribution < -0.4 is 10.6 Å². The second kappa shape index (κ2) is 7.49. The number of carbonyl (C=O) groups is 2. The van der Waals surface area contributed by atoms with Gasteiger partial charge >= 0.3 is 5.97 Å². The molecule has 27 heavy (non-hydrogen) atoms. The first-order valence-corrected chi connectivity index (χ1v) is 10.3. The van der Waals surface area contributed by atoms with Gasteiger partial charge in [-0.15, -0.1) is 0 Å². The molecule has 1 aliphatic heterocycles. The number of aromatic nitrogens is 2. The number of H-pyrrole nitrogens is 1.